The minimum absolute atomic E-state index is 0.110. The molecule has 5 aromatic rings. The molecule has 6 rings (SSSR count). The van der Waals surface area contributed by atoms with Gasteiger partial charge in [-0.1, -0.05) is 38.3 Å². The van der Waals surface area contributed by atoms with E-state index in [0.717, 1.165) is 29.2 Å². The summed E-state index contributed by atoms with van der Waals surface area (Å²) in [7, 11) is -3.46. The van der Waals surface area contributed by atoms with Gasteiger partial charge in [-0.2, -0.15) is 5.10 Å². The molecule has 0 radical (unpaired) electrons. The number of para-hydroxylation sites is 1. The standard InChI is InChI=1S/C27H24FN5O4S.C12H25N/c1-15-10-17-12-23(31-22(17)13-21(15)32-38(3,35)36)26(34)19-14-30-33(27(19)29)24-9-8-18(11-16(24)2)37-25-7-5-4-6-20(25)28;1-4-5-6-12-7-9-13(10-8-12)11(2)3/h4-14,31-32H,29H2,1-3H3;11-12H,4-10H2,1-3H3. The van der Waals surface area contributed by atoms with Crippen molar-refractivity contribution in [2.24, 2.45) is 5.92 Å². The number of nitrogens with one attached hydrogen (secondary N) is 2. The Morgan fingerprint density at radius 1 is 1.08 bits per heavy atom. The van der Waals surface area contributed by atoms with E-state index in [0.29, 0.717) is 28.2 Å². The van der Waals surface area contributed by atoms with Crippen LogP contribution in [0.5, 0.6) is 11.5 Å². The van der Waals surface area contributed by atoms with Gasteiger partial charge in [0.2, 0.25) is 15.8 Å². The van der Waals surface area contributed by atoms with Crippen molar-refractivity contribution in [3.05, 3.63) is 95.1 Å². The number of ether oxygens (including phenoxy) is 1. The predicted molar refractivity (Wildman–Crippen MR) is 203 cm³/mol. The number of hydrogen-bond donors (Lipinski definition) is 3. The number of nitrogens with two attached hydrogens (primary N) is 1. The van der Waals surface area contributed by atoms with Gasteiger partial charge in [-0.15, -0.1) is 0 Å². The van der Waals surface area contributed by atoms with Gasteiger partial charge >= 0.3 is 0 Å². The van der Waals surface area contributed by atoms with Crippen molar-refractivity contribution in [2.75, 3.05) is 29.8 Å². The first kappa shape index (κ1) is 37.6. The van der Waals surface area contributed by atoms with Crippen molar-refractivity contribution in [3.63, 3.8) is 0 Å². The Hall–Kier alpha value is -4.68. The lowest BCUT2D eigenvalue weighted by Crippen LogP contribution is -2.38. The van der Waals surface area contributed by atoms with Crippen LogP contribution in [0.1, 0.15) is 80.1 Å². The molecule has 1 aliphatic rings. The van der Waals surface area contributed by atoms with E-state index in [1.165, 1.54) is 68.2 Å². The fourth-order valence-corrected chi connectivity index (χ4v) is 7.05. The normalized spacial score (nSPS) is 14.0. The van der Waals surface area contributed by atoms with Crippen LogP contribution >= 0.6 is 0 Å². The lowest BCUT2D eigenvalue weighted by molar-refractivity contribution is 0.103. The molecule has 0 unspecified atom stereocenters. The summed E-state index contributed by atoms with van der Waals surface area (Å²) in [6.07, 6.45) is 9.63. The second kappa shape index (κ2) is 16.1. The predicted octanol–water partition coefficient (Wildman–Crippen LogP) is 8.38. The third kappa shape index (κ3) is 9.36. The molecular formula is C39H49FN6O4S. The Morgan fingerprint density at radius 3 is 2.45 bits per heavy atom. The van der Waals surface area contributed by atoms with Crippen LogP contribution in [0.15, 0.2) is 66.9 Å². The first-order valence-corrected chi connectivity index (χ1v) is 19.4. The average Bonchev–Trinajstić information content (AvgIpc) is 3.67. The second-order valence-corrected chi connectivity index (χ2v) is 15.4. The van der Waals surface area contributed by atoms with Crippen LogP contribution in [0.3, 0.4) is 0 Å². The van der Waals surface area contributed by atoms with Gasteiger partial charge in [-0.05, 0) is 119 Å². The maximum absolute atomic E-state index is 13.9. The Balaban J connectivity index is 0.000000328. The number of carbonyl (C=O) groups excluding carboxylic acids is 1. The molecule has 51 heavy (non-hydrogen) atoms. The molecule has 0 saturated carbocycles. The molecule has 0 aliphatic carbocycles. The number of hydrogen-bond acceptors (Lipinski definition) is 7. The zero-order chi connectivity index (χ0) is 36.9. The summed E-state index contributed by atoms with van der Waals surface area (Å²) >= 11 is 0. The van der Waals surface area contributed by atoms with Crippen molar-refractivity contribution in [1.29, 1.82) is 0 Å². The second-order valence-electron chi connectivity index (χ2n) is 13.7. The number of piperidine rings is 1. The molecule has 12 heteroatoms. The SMILES string of the molecule is CCCCC1CCN(C(C)C)CC1.Cc1cc2cc(C(=O)c3cnn(-c4ccc(Oc5ccccc5F)cc4C)c3N)[nH]c2cc1NS(C)(=O)=O. The van der Waals surface area contributed by atoms with Crippen LogP contribution < -0.4 is 15.2 Å². The van der Waals surface area contributed by atoms with Gasteiger partial charge < -0.3 is 20.4 Å². The lowest BCUT2D eigenvalue weighted by atomic mass is 9.91. The number of rotatable bonds is 11. The van der Waals surface area contributed by atoms with E-state index in [1.54, 1.807) is 55.5 Å². The highest BCUT2D eigenvalue weighted by Crippen LogP contribution is 2.30. The van der Waals surface area contributed by atoms with Gasteiger partial charge in [0.25, 0.3) is 0 Å². The summed E-state index contributed by atoms with van der Waals surface area (Å²) in [4.78, 5) is 19.0. The monoisotopic (exact) mass is 716 g/mol. The van der Waals surface area contributed by atoms with Gasteiger partial charge in [0, 0.05) is 16.9 Å². The third-order valence-electron chi connectivity index (χ3n) is 9.36. The number of unbranched alkanes of at least 4 members (excludes halogenated alkanes) is 1. The number of H-pyrrole nitrogens is 1. The average molecular weight is 717 g/mol. The maximum Gasteiger partial charge on any atom is 0.229 e. The molecule has 0 amide bonds. The van der Waals surface area contributed by atoms with E-state index in [-0.39, 0.29) is 28.6 Å². The Kier molecular flexibility index (Phi) is 11.9. The number of ketones is 1. The van der Waals surface area contributed by atoms with Gasteiger partial charge in [0.1, 0.15) is 11.6 Å². The van der Waals surface area contributed by atoms with E-state index >= 15 is 0 Å². The number of aryl methyl sites for hydroxylation is 2. The first-order chi connectivity index (χ1) is 24.2. The molecule has 0 spiro atoms. The molecule has 272 valence electrons. The molecule has 1 saturated heterocycles. The largest absolute Gasteiger partial charge is 0.454 e. The van der Waals surface area contributed by atoms with Crippen LogP contribution in [0.4, 0.5) is 15.9 Å². The van der Waals surface area contributed by atoms with Gasteiger partial charge in [0.05, 0.1) is 35.1 Å². The zero-order valence-electron chi connectivity index (χ0n) is 30.3. The molecule has 0 bridgehead atoms. The summed E-state index contributed by atoms with van der Waals surface area (Å²) in [6.45, 7) is 13.2. The first-order valence-electron chi connectivity index (χ1n) is 17.5. The van der Waals surface area contributed by atoms with Crippen molar-refractivity contribution < 1.29 is 22.3 Å². The van der Waals surface area contributed by atoms with Crippen LogP contribution in [0.2, 0.25) is 0 Å². The molecular weight excluding hydrogens is 668 g/mol. The highest BCUT2D eigenvalue weighted by atomic mass is 32.2. The number of aromatic nitrogens is 3. The number of benzene rings is 3. The highest BCUT2D eigenvalue weighted by Gasteiger charge is 2.22. The molecule has 3 aromatic carbocycles. The van der Waals surface area contributed by atoms with Crippen LogP contribution in [-0.4, -0.2) is 59.3 Å². The smallest absolute Gasteiger partial charge is 0.229 e. The molecule has 0 atom stereocenters. The molecule has 10 nitrogen and oxygen atoms in total. The minimum Gasteiger partial charge on any atom is -0.454 e. The summed E-state index contributed by atoms with van der Waals surface area (Å²) < 4.78 is 46.9. The number of carbonyl (C=O) groups is 1. The van der Waals surface area contributed by atoms with Crippen LogP contribution in [-0.2, 0) is 10.0 Å². The van der Waals surface area contributed by atoms with Crippen LogP contribution in [0, 0.1) is 25.6 Å². The van der Waals surface area contributed by atoms with E-state index in [1.807, 2.05) is 6.92 Å². The number of likely N-dealkylation sites (tertiary alicyclic amines) is 1. The van der Waals surface area contributed by atoms with Gasteiger partial charge in [0.15, 0.2) is 11.6 Å². The van der Waals surface area contributed by atoms with Crippen molar-refractivity contribution >= 4 is 38.2 Å². The highest BCUT2D eigenvalue weighted by molar-refractivity contribution is 7.92. The molecule has 4 N–H and O–H groups in total. The third-order valence-corrected chi connectivity index (χ3v) is 9.95. The van der Waals surface area contributed by atoms with Crippen molar-refractivity contribution in [3.8, 4) is 17.2 Å². The lowest BCUT2D eigenvalue weighted by Gasteiger charge is -2.34. The summed E-state index contributed by atoms with van der Waals surface area (Å²) in [6, 6.07) is 17.1. The fraction of sp³-hybridized carbons (Fsp3) is 0.385. The van der Waals surface area contributed by atoms with Crippen molar-refractivity contribution in [2.45, 2.75) is 72.8 Å². The zero-order valence-corrected chi connectivity index (χ0v) is 31.1. The number of halogens is 1. The maximum atomic E-state index is 13.9. The van der Waals surface area contributed by atoms with E-state index in [4.69, 9.17) is 10.5 Å². The van der Waals surface area contributed by atoms with Crippen molar-refractivity contribution in [1.82, 2.24) is 19.7 Å². The van der Waals surface area contributed by atoms with Gasteiger partial charge in [-0.3, -0.25) is 9.52 Å². The number of anilines is 2. The molecule has 2 aromatic heterocycles. The summed E-state index contributed by atoms with van der Waals surface area (Å²) in [5.41, 5.74) is 9.94. The molecule has 1 aliphatic heterocycles. The van der Waals surface area contributed by atoms with E-state index < -0.39 is 15.8 Å². The minimum atomic E-state index is -3.46. The van der Waals surface area contributed by atoms with E-state index in [2.05, 4.69) is 40.5 Å². The topological polar surface area (TPSA) is 135 Å². The van der Waals surface area contributed by atoms with Gasteiger partial charge in [-0.25, -0.2) is 17.5 Å². The molecule has 3 heterocycles. The quantitative estimate of drug-likeness (QED) is 0.117. The number of nitrogen functional groups attached to an aromatic ring is 1. The number of nitrogens with zero attached hydrogens (tertiary/aromatic N) is 3. The number of fused-ring (bicyclic) bond motifs is 1. The Labute approximate surface area is 300 Å². The number of sulfonamides is 1. The molecule has 1 fully saturated rings. The van der Waals surface area contributed by atoms with Crippen LogP contribution in [0.25, 0.3) is 16.6 Å². The number of aromatic amines is 1. The Bertz CT molecular complexity index is 2100. The Morgan fingerprint density at radius 2 is 1.80 bits per heavy atom. The van der Waals surface area contributed by atoms with E-state index in [9.17, 15) is 17.6 Å². The summed E-state index contributed by atoms with van der Waals surface area (Å²) in [5.74, 6) is 0.904. The summed E-state index contributed by atoms with van der Waals surface area (Å²) in [5, 5.41) is 5.07. The fourth-order valence-electron chi connectivity index (χ4n) is 6.43.